The van der Waals surface area contributed by atoms with Crippen LogP contribution >= 0.6 is 0 Å². The highest BCUT2D eigenvalue weighted by Gasteiger charge is 2.22. The number of benzene rings is 1. The van der Waals surface area contributed by atoms with Gasteiger partial charge in [-0.05, 0) is 18.9 Å². The van der Waals surface area contributed by atoms with Crippen LogP contribution in [-0.4, -0.2) is 11.2 Å². The first-order valence-electron chi connectivity index (χ1n) is 5.13. The van der Waals surface area contributed by atoms with Crippen LogP contribution in [0.1, 0.15) is 31.0 Å². The Balaban J connectivity index is 2.99. The lowest BCUT2D eigenvalue weighted by Gasteiger charge is -2.23. The molecule has 2 atom stereocenters. The predicted molar refractivity (Wildman–Crippen MR) is 58.9 cm³/mol. The van der Waals surface area contributed by atoms with E-state index in [0.29, 0.717) is 5.56 Å². The molecule has 0 heterocycles. The standard InChI is InChI=1S/C12H18FNO/c1-7(2)12(15)11(14)9-6-8(3)4-5-10(9)13/h4-7,11-12,15H,14H2,1-3H3/t11-,12+/m1/s1. The number of nitrogens with two attached hydrogens (primary N) is 1. The Morgan fingerprint density at radius 2 is 1.93 bits per heavy atom. The minimum absolute atomic E-state index is 0.0138. The summed E-state index contributed by atoms with van der Waals surface area (Å²) in [7, 11) is 0. The van der Waals surface area contributed by atoms with Crippen LogP contribution in [0.25, 0.3) is 0 Å². The number of halogens is 1. The summed E-state index contributed by atoms with van der Waals surface area (Å²) in [5.74, 6) is -0.340. The maximum Gasteiger partial charge on any atom is 0.128 e. The van der Waals surface area contributed by atoms with Crippen LogP contribution in [0.5, 0.6) is 0 Å². The molecule has 1 aromatic carbocycles. The first-order valence-corrected chi connectivity index (χ1v) is 5.13. The molecule has 0 spiro atoms. The van der Waals surface area contributed by atoms with Crippen LogP contribution in [0.4, 0.5) is 4.39 Å². The maximum atomic E-state index is 13.5. The smallest absolute Gasteiger partial charge is 0.128 e. The zero-order valence-electron chi connectivity index (χ0n) is 9.37. The Bertz CT molecular complexity index is 338. The fourth-order valence-electron chi connectivity index (χ4n) is 1.52. The van der Waals surface area contributed by atoms with Crippen LogP contribution in [0.2, 0.25) is 0 Å². The van der Waals surface area contributed by atoms with Crippen molar-refractivity contribution in [2.45, 2.75) is 32.9 Å². The number of aryl methyl sites for hydroxylation is 1. The van der Waals surface area contributed by atoms with Crippen molar-refractivity contribution in [3.05, 3.63) is 35.1 Å². The molecule has 0 saturated heterocycles. The third-order valence-corrected chi connectivity index (χ3v) is 2.56. The SMILES string of the molecule is Cc1ccc(F)c([C@@H](N)[C@@H](O)C(C)C)c1. The Kier molecular flexibility index (Phi) is 3.83. The Labute approximate surface area is 89.9 Å². The molecule has 0 aliphatic rings. The van der Waals surface area contributed by atoms with Crippen LogP contribution in [0.15, 0.2) is 18.2 Å². The molecule has 1 rings (SSSR count). The van der Waals surface area contributed by atoms with Gasteiger partial charge in [0.25, 0.3) is 0 Å². The molecule has 0 radical (unpaired) electrons. The van der Waals surface area contributed by atoms with Gasteiger partial charge in [0.15, 0.2) is 0 Å². The summed E-state index contributed by atoms with van der Waals surface area (Å²) in [6, 6.07) is 4.10. The summed E-state index contributed by atoms with van der Waals surface area (Å²) in [4.78, 5) is 0. The van der Waals surface area contributed by atoms with E-state index in [1.807, 2.05) is 20.8 Å². The van der Waals surface area contributed by atoms with Crippen molar-refractivity contribution in [2.24, 2.45) is 11.7 Å². The van der Waals surface area contributed by atoms with Gasteiger partial charge in [0, 0.05) is 5.56 Å². The molecule has 0 aliphatic carbocycles. The van der Waals surface area contributed by atoms with Crippen molar-refractivity contribution in [3.8, 4) is 0 Å². The van der Waals surface area contributed by atoms with Gasteiger partial charge < -0.3 is 10.8 Å². The van der Waals surface area contributed by atoms with Crippen molar-refractivity contribution in [3.63, 3.8) is 0 Å². The summed E-state index contributed by atoms with van der Waals surface area (Å²) in [5, 5.41) is 9.77. The van der Waals surface area contributed by atoms with E-state index >= 15 is 0 Å². The van der Waals surface area contributed by atoms with Crippen LogP contribution < -0.4 is 5.73 Å². The van der Waals surface area contributed by atoms with Crippen LogP contribution in [-0.2, 0) is 0 Å². The van der Waals surface area contributed by atoms with Crippen molar-refractivity contribution >= 4 is 0 Å². The second-order valence-electron chi connectivity index (χ2n) is 4.29. The molecular weight excluding hydrogens is 193 g/mol. The van der Waals surface area contributed by atoms with E-state index in [9.17, 15) is 9.50 Å². The molecule has 0 fully saturated rings. The second kappa shape index (κ2) is 4.73. The fourth-order valence-corrected chi connectivity index (χ4v) is 1.52. The van der Waals surface area contributed by atoms with Crippen molar-refractivity contribution < 1.29 is 9.50 Å². The number of hydrogen-bond donors (Lipinski definition) is 2. The minimum atomic E-state index is -0.721. The van der Waals surface area contributed by atoms with E-state index in [4.69, 9.17) is 5.73 Å². The van der Waals surface area contributed by atoms with E-state index in [1.165, 1.54) is 6.07 Å². The molecule has 0 saturated carbocycles. The largest absolute Gasteiger partial charge is 0.391 e. The monoisotopic (exact) mass is 211 g/mol. The highest BCUT2D eigenvalue weighted by atomic mass is 19.1. The average molecular weight is 211 g/mol. The van der Waals surface area contributed by atoms with Crippen molar-refractivity contribution in [2.75, 3.05) is 0 Å². The fraction of sp³-hybridized carbons (Fsp3) is 0.500. The number of rotatable bonds is 3. The number of hydrogen-bond acceptors (Lipinski definition) is 2. The highest BCUT2D eigenvalue weighted by Crippen LogP contribution is 2.22. The predicted octanol–water partition coefficient (Wildman–Crippen LogP) is 2.15. The zero-order valence-corrected chi connectivity index (χ0v) is 9.37. The van der Waals surface area contributed by atoms with Gasteiger partial charge in [-0.3, -0.25) is 0 Å². The van der Waals surface area contributed by atoms with E-state index in [1.54, 1.807) is 12.1 Å². The second-order valence-corrected chi connectivity index (χ2v) is 4.29. The van der Waals surface area contributed by atoms with Gasteiger partial charge in [0.2, 0.25) is 0 Å². The van der Waals surface area contributed by atoms with Gasteiger partial charge >= 0.3 is 0 Å². The van der Waals surface area contributed by atoms with Crippen LogP contribution in [0.3, 0.4) is 0 Å². The molecule has 0 aromatic heterocycles. The Hall–Kier alpha value is -0.930. The van der Waals surface area contributed by atoms with E-state index < -0.39 is 12.1 Å². The first-order chi connectivity index (χ1) is 6.93. The van der Waals surface area contributed by atoms with E-state index in [-0.39, 0.29) is 11.7 Å². The van der Waals surface area contributed by atoms with Gasteiger partial charge in [0.05, 0.1) is 12.1 Å². The third-order valence-electron chi connectivity index (χ3n) is 2.56. The zero-order chi connectivity index (χ0) is 11.6. The lowest BCUT2D eigenvalue weighted by Crippen LogP contribution is -2.31. The topological polar surface area (TPSA) is 46.2 Å². The molecule has 0 aliphatic heterocycles. The summed E-state index contributed by atoms with van der Waals surface area (Å²) >= 11 is 0. The van der Waals surface area contributed by atoms with Gasteiger partial charge in [-0.15, -0.1) is 0 Å². The van der Waals surface area contributed by atoms with Crippen molar-refractivity contribution in [1.29, 1.82) is 0 Å². The lowest BCUT2D eigenvalue weighted by molar-refractivity contribution is 0.0966. The lowest BCUT2D eigenvalue weighted by atomic mass is 9.93. The minimum Gasteiger partial charge on any atom is -0.391 e. The van der Waals surface area contributed by atoms with Crippen molar-refractivity contribution in [1.82, 2.24) is 0 Å². The molecule has 0 amide bonds. The number of aliphatic hydroxyl groups excluding tert-OH is 1. The molecule has 3 heteroatoms. The van der Waals surface area contributed by atoms with E-state index in [2.05, 4.69) is 0 Å². The quantitative estimate of drug-likeness (QED) is 0.804. The Morgan fingerprint density at radius 1 is 1.33 bits per heavy atom. The first kappa shape index (κ1) is 12.1. The van der Waals surface area contributed by atoms with E-state index in [0.717, 1.165) is 5.56 Å². The van der Waals surface area contributed by atoms with Gasteiger partial charge in [0.1, 0.15) is 5.82 Å². The van der Waals surface area contributed by atoms with Gasteiger partial charge in [-0.25, -0.2) is 4.39 Å². The summed E-state index contributed by atoms with van der Waals surface area (Å²) in [5.41, 5.74) is 7.15. The molecule has 1 aromatic rings. The Morgan fingerprint density at radius 3 is 2.47 bits per heavy atom. The highest BCUT2D eigenvalue weighted by molar-refractivity contribution is 5.27. The molecule has 2 nitrogen and oxygen atoms in total. The van der Waals surface area contributed by atoms with Crippen LogP contribution in [0, 0.1) is 18.7 Å². The molecule has 84 valence electrons. The molecular formula is C12H18FNO. The normalized spacial score (nSPS) is 15.4. The molecule has 15 heavy (non-hydrogen) atoms. The number of aliphatic hydroxyl groups is 1. The molecule has 3 N–H and O–H groups in total. The van der Waals surface area contributed by atoms with Gasteiger partial charge in [-0.2, -0.15) is 0 Å². The summed E-state index contributed by atoms with van der Waals surface area (Å²) in [6.45, 7) is 5.59. The third kappa shape index (κ3) is 2.76. The molecule has 0 unspecified atom stereocenters. The average Bonchev–Trinajstić information content (AvgIpc) is 2.19. The van der Waals surface area contributed by atoms with Gasteiger partial charge in [-0.1, -0.05) is 31.5 Å². The maximum absolute atomic E-state index is 13.5. The summed E-state index contributed by atoms with van der Waals surface area (Å²) < 4.78 is 13.5. The molecule has 0 bridgehead atoms. The summed E-state index contributed by atoms with van der Waals surface area (Å²) in [6.07, 6.45) is -0.721.